The molecule has 1 aliphatic rings. The van der Waals surface area contributed by atoms with E-state index in [2.05, 4.69) is 10.2 Å². The Labute approximate surface area is 139 Å². The molecule has 2 rings (SSSR count). The fourth-order valence-electron chi connectivity index (χ4n) is 2.70. The molecule has 0 bridgehead atoms. The maximum atomic E-state index is 12.2. The van der Waals surface area contributed by atoms with Gasteiger partial charge < -0.3 is 10.1 Å². The molecule has 1 aromatic rings. The van der Waals surface area contributed by atoms with Crippen molar-refractivity contribution >= 4 is 34.0 Å². The molecular weight excluding hydrogens is 316 g/mol. The summed E-state index contributed by atoms with van der Waals surface area (Å²) in [6.07, 6.45) is 2.21. The highest BCUT2D eigenvalue weighted by Crippen LogP contribution is 2.34. The summed E-state index contributed by atoms with van der Waals surface area (Å²) in [6.45, 7) is 7.25. The van der Waals surface area contributed by atoms with E-state index in [0.717, 1.165) is 37.3 Å². The molecule has 0 aromatic carbocycles. The highest BCUT2D eigenvalue weighted by molar-refractivity contribution is 7.18. The van der Waals surface area contributed by atoms with E-state index in [1.807, 2.05) is 0 Å². The zero-order valence-electron chi connectivity index (χ0n) is 13.7. The fourth-order valence-corrected chi connectivity index (χ4v) is 3.80. The van der Waals surface area contributed by atoms with Gasteiger partial charge in [-0.25, -0.2) is 4.79 Å². The molecule has 0 aliphatic carbocycles. The highest BCUT2D eigenvalue weighted by Gasteiger charge is 2.25. The van der Waals surface area contributed by atoms with E-state index in [1.165, 1.54) is 6.92 Å². The zero-order valence-corrected chi connectivity index (χ0v) is 14.5. The van der Waals surface area contributed by atoms with Gasteiger partial charge in [0.2, 0.25) is 5.91 Å². The van der Waals surface area contributed by atoms with E-state index >= 15 is 0 Å². The Morgan fingerprint density at radius 2 is 1.91 bits per heavy atom. The Balaban J connectivity index is 2.21. The van der Waals surface area contributed by atoms with Crippen molar-refractivity contribution in [1.29, 1.82) is 0 Å². The predicted octanol–water partition coefficient (Wildman–Crippen LogP) is 2.47. The molecule has 1 saturated heterocycles. The Kier molecular flexibility index (Phi) is 5.90. The summed E-state index contributed by atoms with van der Waals surface area (Å²) in [6, 6.07) is 0. The van der Waals surface area contributed by atoms with Crippen molar-refractivity contribution < 1.29 is 19.1 Å². The minimum atomic E-state index is -0.509. The normalized spacial score (nSPS) is 14.7. The van der Waals surface area contributed by atoms with Crippen LogP contribution in [0.5, 0.6) is 0 Å². The first-order valence-electron chi connectivity index (χ1n) is 7.77. The molecule has 126 valence electrons. The average Bonchev–Trinajstić information content (AvgIpc) is 3.07. The van der Waals surface area contributed by atoms with Crippen LogP contribution in [0.3, 0.4) is 0 Å². The van der Waals surface area contributed by atoms with Crippen LogP contribution >= 0.6 is 11.3 Å². The summed E-state index contributed by atoms with van der Waals surface area (Å²) in [5.41, 5.74) is 0.856. The molecule has 0 radical (unpaired) electrons. The number of amides is 1. The third-order valence-corrected chi connectivity index (χ3v) is 5.07. The maximum absolute atomic E-state index is 12.2. The lowest BCUT2D eigenvalue weighted by molar-refractivity contribution is -0.117. The van der Waals surface area contributed by atoms with Crippen molar-refractivity contribution in [2.24, 2.45) is 0 Å². The van der Waals surface area contributed by atoms with Gasteiger partial charge in [-0.3, -0.25) is 14.5 Å². The minimum absolute atomic E-state index is 0.127. The lowest BCUT2D eigenvalue weighted by Gasteiger charge is -2.14. The van der Waals surface area contributed by atoms with Crippen LogP contribution in [0.2, 0.25) is 0 Å². The number of carbonyl (C=O) groups excluding carboxylic acids is 3. The van der Waals surface area contributed by atoms with E-state index < -0.39 is 5.97 Å². The lowest BCUT2D eigenvalue weighted by Crippen LogP contribution is -2.31. The number of likely N-dealkylation sites (tertiary alicyclic amines) is 1. The van der Waals surface area contributed by atoms with Crippen LogP contribution < -0.4 is 5.32 Å². The van der Waals surface area contributed by atoms with Crippen molar-refractivity contribution in [2.45, 2.75) is 33.6 Å². The molecule has 1 amide bonds. The van der Waals surface area contributed by atoms with Crippen LogP contribution in [-0.4, -0.2) is 48.8 Å². The van der Waals surface area contributed by atoms with Gasteiger partial charge in [0, 0.05) is 0 Å². The van der Waals surface area contributed by atoms with Crippen LogP contribution in [0.4, 0.5) is 5.00 Å². The number of rotatable bonds is 6. The van der Waals surface area contributed by atoms with Crippen molar-refractivity contribution in [3.05, 3.63) is 16.0 Å². The Morgan fingerprint density at radius 1 is 1.26 bits per heavy atom. The molecule has 1 N–H and O–H groups in total. The lowest BCUT2D eigenvalue weighted by atomic mass is 10.1. The van der Waals surface area contributed by atoms with Crippen molar-refractivity contribution in [3.8, 4) is 0 Å². The van der Waals surface area contributed by atoms with Gasteiger partial charge >= 0.3 is 5.97 Å². The molecule has 1 fully saturated rings. The molecule has 1 aromatic heterocycles. The number of hydrogen-bond acceptors (Lipinski definition) is 6. The zero-order chi connectivity index (χ0) is 17.0. The number of carbonyl (C=O) groups is 3. The Morgan fingerprint density at radius 3 is 2.48 bits per heavy atom. The number of hydrogen-bond donors (Lipinski definition) is 1. The van der Waals surface area contributed by atoms with Crippen LogP contribution in [0, 0.1) is 6.92 Å². The minimum Gasteiger partial charge on any atom is -0.462 e. The number of anilines is 1. The quantitative estimate of drug-likeness (QED) is 0.637. The molecule has 0 spiro atoms. The Bertz CT molecular complexity index is 618. The van der Waals surface area contributed by atoms with E-state index in [-0.39, 0.29) is 23.9 Å². The first kappa shape index (κ1) is 17.6. The number of nitrogens with one attached hydrogen (secondary N) is 1. The smallest absolute Gasteiger partial charge is 0.341 e. The van der Waals surface area contributed by atoms with E-state index in [9.17, 15) is 14.4 Å². The second-order valence-corrected chi connectivity index (χ2v) is 6.59. The summed E-state index contributed by atoms with van der Waals surface area (Å²) < 4.78 is 5.05. The molecular formula is C16H22N2O4S. The molecule has 23 heavy (non-hydrogen) atoms. The topological polar surface area (TPSA) is 75.7 Å². The molecule has 1 aliphatic heterocycles. The van der Waals surface area contributed by atoms with Crippen LogP contribution in [-0.2, 0) is 9.53 Å². The summed E-state index contributed by atoms with van der Waals surface area (Å²) in [4.78, 5) is 38.6. The molecule has 0 saturated carbocycles. The van der Waals surface area contributed by atoms with Crippen LogP contribution in [0.1, 0.15) is 52.3 Å². The second-order valence-electron chi connectivity index (χ2n) is 5.57. The van der Waals surface area contributed by atoms with Gasteiger partial charge in [0.25, 0.3) is 0 Å². The number of ether oxygens (including phenoxy) is 1. The molecule has 6 nitrogen and oxygen atoms in total. The third-order valence-electron chi connectivity index (χ3n) is 3.76. The summed E-state index contributed by atoms with van der Waals surface area (Å²) >= 11 is 1.13. The van der Waals surface area contributed by atoms with Gasteiger partial charge in [0.1, 0.15) is 5.00 Å². The van der Waals surface area contributed by atoms with Crippen LogP contribution in [0.15, 0.2) is 0 Å². The largest absolute Gasteiger partial charge is 0.462 e. The first-order chi connectivity index (χ1) is 10.9. The highest BCUT2D eigenvalue weighted by atomic mass is 32.1. The SMILES string of the molecule is CCOC(=O)c1c(NC(=O)CN2CCCC2)sc(C(C)=O)c1C. The van der Waals surface area contributed by atoms with Gasteiger partial charge in [-0.15, -0.1) is 11.3 Å². The van der Waals surface area contributed by atoms with Gasteiger partial charge in [-0.1, -0.05) is 0 Å². The summed E-state index contributed by atoms with van der Waals surface area (Å²) in [5.74, 6) is -0.808. The number of esters is 1. The van der Waals surface area contributed by atoms with E-state index in [0.29, 0.717) is 22.0 Å². The van der Waals surface area contributed by atoms with Crippen molar-refractivity contribution in [2.75, 3.05) is 31.6 Å². The predicted molar refractivity (Wildman–Crippen MR) is 89.3 cm³/mol. The molecule has 0 atom stereocenters. The second kappa shape index (κ2) is 7.70. The fraction of sp³-hybridized carbons (Fsp3) is 0.562. The number of thiophene rings is 1. The van der Waals surface area contributed by atoms with Crippen LogP contribution in [0.25, 0.3) is 0 Å². The van der Waals surface area contributed by atoms with Gasteiger partial charge in [-0.05, 0) is 52.3 Å². The van der Waals surface area contributed by atoms with Gasteiger partial charge in [0.05, 0.1) is 23.6 Å². The monoisotopic (exact) mass is 338 g/mol. The number of Topliss-reactive ketones (excluding diaryl/α,β-unsaturated/α-hetero) is 1. The van der Waals surface area contributed by atoms with Gasteiger partial charge in [-0.2, -0.15) is 0 Å². The summed E-state index contributed by atoms with van der Waals surface area (Å²) in [7, 11) is 0. The summed E-state index contributed by atoms with van der Waals surface area (Å²) in [5, 5.41) is 3.18. The number of ketones is 1. The molecule has 2 heterocycles. The number of nitrogens with zero attached hydrogens (tertiary/aromatic N) is 1. The van der Waals surface area contributed by atoms with Gasteiger partial charge in [0.15, 0.2) is 5.78 Å². The van der Waals surface area contributed by atoms with Crippen molar-refractivity contribution in [3.63, 3.8) is 0 Å². The standard InChI is InChI=1S/C16H22N2O4S/c1-4-22-16(21)13-10(2)14(11(3)19)23-15(13)17-12(20)9-18-7-5-6-8-18/h4-9H2,1-3H3,(H,17,20). The van der Waals surface area contributed by atoms with Crippen molar-refractivity contribution in [1.82, 2.24) is 4.90 Å². The molecule has 0 unspecified atom stereocenters. The van der Waals surface area contributed by atoms with E-state index in [1.54, 1.807) is 13.8 Å². The van der Waals surface area contributed by atoms with E-state index in [4.69, 9.17) is 4.74 Å². The average molecular weight is 338 g/mol. The maximum Gasteiger partial charge on any atom is 0.341 e. The Hall–Kier alpha value is -1.73. The third kappa shape index (κ3) is 4.17. The molecule has 7 heteroatoms. The first-order valence-corrected chi connectivity index (χ1v) is 8.59.